The molecular formula is C15H28N2O6. The van der Waals surface area contributed by atoms with Crippen LogP contribution in [0.2, 0.25) is 0 Å². The van der Waals surface area contributed by atoms with Crippen LogP contribution in [-0.4, -0.2) is 87.3 Å². The van der Waals surface area contributed by atoms with Gasteiger partial charge < -0.3 is 33.4 Å². The lowest BCUT2D eigenvalue weighted by molar-refractivity contribution is -0.0136. The topological polar surface area (TPSA) is 84.2 Å². The van der Waals surface area contributed by atoms with Gasteiger partial charge in [0, 0.05) is 18.9 Å². The van der Waals surface area contributed by atoms with Gasteiger partial charge in [-0.25, -0.2) is 4.98 Å². The lowest BCUT2D eigenvalue weighted by Gasteiger charge is -2.08. The van der Waals surface area contributed by atoms with Crippen LogP contribution in [0.3, 0.4) is 0 Å². The van der Waals surface area contributed by atoms with Gasteiger partial charge >= 0.3 is 0 Å². The predicted octanol–water partition coefficient (Wildman–Crippen LogP) is -0.0416. The summed E-state index contributed by atoms with van der Waals surface area (Å²) >= 11 is 0. The molecule has 0 atom stereocenters. The van der Waals surface area contributed by atoms with Crippen LogP contribution in [0.15, 0.2) is 18.7 Å². The molecule has 23 heavy (non-hydrogen) atoms. The highest BCUT2D eigenvalue weighted by atomic mass is 16.6. The van der Waals surface area contributed by atoms with E-state index >= 15 is 0 Å². The van der Waals surface area contributed by atoms with E-state index in [4.69, 9.17) is 28.8 Å². The van der Waals surface area contributed by atoms with Gasteiger partial charge in [0.1, 0.15) is 0 Å². The van der Waals surface area contributed by atoms with Crippen LogP contribution in [0, 0.1) is 0 Å². The lowest BCUT2D eigenvalue weighted by Crippen LogP contribution is -2.14. The summed E-state index contributed by atoms with van der Waals surface area (Å²) in [6.07, 6.45) is 5.42. The number of nitrogens with zero attached hydrogens (tertiary/aromatic N) is 2. The number of rotatable bonds is 17. The smallest absolute Gasteiger partial charge is 0.0946 e. The molecule has 8 heteroatoms. The van der Waals surface area contributed by atoms with E-state index in [1.54, 1.807) is 12.5 Å². The van der Waals surface area contributed by atoms with Gasteiger partial charge in [-0.1, -0.05) is 0 Å². The second kappa shape index (κ2) is 15.9. The maximum atomic E-state index is 8.50. The molecule has 0 radical (unpaired) electrons. The molecule has 0 unspecified atom stereocenters. The molecule has 0 fully saturated rings. The average molecular weight is 332 g/mol. The largest absolute Gasteiger partial charge is 0.394 e. The lowest BCUT2D eigenvalue weighted by atomic mass is 10.6. The number of ether oxygens (including phenoxy) is 5. The van der Waals surface area contributed by atoms with Crippen molar-refractivity contribution in [1.82, 2.24) is 9.55 Å². The van der Waals surface area contributed by atoms with E-state index < -0.39 is 0 Å². The molecule has 0 saturated carbocycles. The number of imidazole rings is 1. The van der Waals surface area contributed by atoms with Crippen LogP contribution in [0.25, 0.3) is 0 Å². The zero-order valence-electron chi connectivity index (χ0n) is 13.6. The van der Waals surface area contributed by atoms with Crippen LogP contribution in [0.5, 0.6) is 0 Å². The van der Waals surface area contributed by atoms with E-state index in [2.05, 4.69) is 4.98 Å². The van der Waals surface area contributed by atoms with Crippen molar-refractivity contribution in [2.24, 2.45) is 0 Å². The summed E-state index contributed by atoms with van der Waals surface area (Å²) in [7, 11) is 0. The SMILES string of the molecule is OCCOCCOCCOCCOCCOCCn1ccnc1. The minimum Gasteiger partial charge on any atom is -0.394 e. The van der Waals surface area contributed by atoms with E-state index in [0.717, 1.165) is 6.54 Å². The fraction of sp³-hybridized carbons (Fsp3) is 0.800. The van der Waals surface area contributed by atoms with Crippen LogP contribution in [0.1, 0.15) is 0 Å². The van der Waals surface area contributed by atoms with Crippen molar-refractivity contribution in [1.29, 1.82) is 0 Å². The molecular weight excluding hydrogens is 304 g/mol. The minimum absolute atomic E-state index is 0.0404. The maximum absolute atomic E-state index is 8.50. The molecule has 0 spiro atoms. The number of hydrogen-bond acceptors (Lipinski definition) is 7. The van der Waals surface area contributed by atoms with Crippen LogP contribution < -0.4 is 0 Å². The summed E-state index contributed by atoms with van der Waals surface area (Å²) in [4.78, 5) is 3.96. The first-order valence-electron chi connectivity index (χ1n) is 7.89. The molecule has 1 N–H and O–H groups in total. The van der Waals surface area contributed by atoms with Crippen molar-refractivity contribution in [3.05, 3.63) is 18.7 Å². The Balaban J connectivity index is 1.67. The van der Waals surface area contributed by atoms with E-state index in [-0.39, 0.29) is 6.61 Å². The van der Waals surface area contributed by atoms with Gasteiger partial charge in [-0.3, -0.25) is 0 Å². The number of aliphatic hydroxyl groups is 1. The van der Waals surface area contributed by atoms with Crippen molar-refractivity contribution in [2.45, 2.75) is 6.54 Å². The molecule has 8 nitrogen and oxygen atoms in total. The molecule has 134 valence electrons. The standard InChI is InChI=1S/C15H28N2O6/c18-4-6-20-8-10-22-12-14-23-13-11-21-9-7-19-5-3-17-2-1-16-15-17/h1-2,15,18H,3-14H2. The van der Waals surface area contributed by atoms with Gasteiger partial charge in [-0.2, -0.15) is 0 Å². The fourth-order valence-corrected chi connectivity index (χ4v) is 1.64. The molecule has 0 aromatic carbocycles. The molecule has 0 saturated heterocycles. The molecule has 1 aromatic rings. The first-order chi connectivity index (χ1) is 11.4. The Labute approximate surface area is 137 Å². The normalized spacial score (nSPS) is 11.2. The van der Waals surface area contributed by atoms with Crippen molar-refractivity contribution in [3.63, 3.8) is 0 Å². The quantitative estimate of drug-likeness (QED) is 0.401. The molecule has 0 aliphatic rings. The molecule has 1 rings (SSSR count). The molecule has 0 bridgehead atoms. The second-order valence-electron chi connectivity index (χ2n) is 4.59. The summed E-state index contributed by atoms with van der Waals surface area (Å²) in [5.41, 5.74) is 0. The molecule has 0 aliphatic heterocycles. The monoisotopic (exact) mass is 332 g/mol. The number of aromatic nitrogens is 2. The van der Waals surface area contributed by atoms with Gasteiger partial charge in [0.15, 0.2) is 0 Å². The highest BCUT2D eigenvalue weighted by molar-refractivity contribution is 4.73. The van der Waals surface area contributed by atoms with Crippen molar-refractivity contribution >= 4 is 0 Å². The summed E-state index contributed by atoms with van der Waals surface area (Å²) in [6, 6.07) is 0. The summed E-state index contributed by atoms with van der Waals surface area (Å²) in [5.74, 6) is 0. The second-order valence-corrected chi connectivity index (χ2v) is 4.59. The van der Waals surface area contributed by atoms with Crippen LogP contribution in [0.4, 0.5) is 0 Å². The summed E-state index contributed by atoms with van der Waals surface area (Å²) in [6.45, 7) is 6.12. The Morgan fingerprint density at radius 1 is 0.696 bits per heavy atom. The Morgan fingerprint density at radius 2 is 1.17 bits per heavy atom. The molecule has 0 amide bonds. The van der Waals surface area contributed by atoms with Crippen molar-refractivity contribution in [3.8, 4) is 0 Å². The Morgan fingerprint density at radius 3 is 1.61 bits per heavy atom. The third-order valence-corrected chi connectivity index (χ3v) is 2.78. The highest BCUT2D eigenvalue weighted by Gasteiger charge is 1.94. The van der Waals surface area contributed by atoms with E-state index in [1.165, 1.54) is 0 Å². The van der Waals surface area contributed by atoms with E-state index in [9.17, 15) is 0 Å². The van der Waals surface area contributed by atoms with Crippen LogP contribution in [-0.2, 0) is 30.2 Å². The van der Waals surface area contributed by atoms with Crippen molar-refractivity contribution in [2.75, 3.05) is 72.7 Å². The first kappa shape index (κ1) is 20.0. The predicted molar refractivity (Wildman–Crippen MR) is 83.4 cm³/mol. The molecule has 0 aliphatic carbocycles. The Bertz CT molecular complexity index is 337. The van der Waals surface area contributed by atoms with Gasteiger partial charge in [-0.05, 0) is 0 Å². The van der Waals surface area contributed by atoms with Gasteiger partial charge in [-0.15, -0.1) is 0 Å². The Kier molecular flexibility index (Phi) is 13.8. The van der Waals surface area contributed by atoms with Gasteiger partial charge in [0.05, 0.1) is 79.0 Å². The van der Waals surface area contributed by atoms with E-state index in [1.807, 2.05) is 10.8 Å². The number of aliphatic hydroxyl groups excluding tert-OH is 1. The third kappa shape index (κ3) is 13.1. The van der Waals surface area contributed by atoms with E-state index in [0.29, 0.717) is 66.1 Å². The zero-order valence-corrected chi connectivity index (χ0v) is 13.6. The minimum atomic E-state index is 0.0404. The molecule has 1 heterocycles. The first-order valence-corrected chi connectivity index (χ1v) is 7.89. The summed E-state index contributed by atoms with van der Waals surface area (Å²) < 4.78 is 28.5. The van der Waals surface area contributed by atoms with Crippen LogP contribution >= 0.6 is 0 Å². The maximum Gasteiger partial charge on any atom is 0.0946 e. The van der Waals surface area contributed by atoms with Gasteiger partial charge in [0.2, 0.25) is 0 Å². The fourth-order valence-electron chi connectivity index (χ4n) is 1.64. The summed E-state index contributed by atoms with van der Waals surface area (Å²) in [5, 5.41) is 8.50. The third-order valence-electron chi connectivity index (χ3n) is 2.78. The zero-order chi connectivity index (χ0) is 16.4. The number of hydrogen-bond donors (Lipinski definition) is 1. The Hall–Kier alpha value is -1.03. The van der Waals surface area contributed by atoms with Gasteiger partial charge in [0.25, 0.3) is 0 Å². The molecule has 1 aromatic heterocycles. The van der Waals surface area contributed by atoms with Crippen molar-refractivity contribution < 1.29 is 28.8 Å². The highest BCUT2D eigenvalue weighted by Crippen LogP contribution is 1.87. The average Bonchev–Trinajstić information content (AvgIpc) is 3.08.